The summed E-state index contributed by atoms with van der Waals surface area (Å²) in [7, 11) is 0. The van der Waals surface area contributed by atoms with Crippen LogP contribution in [0.5, 0.6) is 0 Å². The van der Waals surface area contributed by atoms with E-state index in [1.807, 2.05) is 13.8 Å². The molecule has 110 valence electrons. The number of hydrogen-bond acceptors (Lipinski definition) is 4. The fourth-order valence-corrected chi connectivity index (χ4v) is 3.69. The summed E-state index contributed by atoms with van der Waals surface area (Å²) in [6.45, 7) is 5.16. The first-order valence-corrected chi connectivity index (χ1v) is 7.90. The third-order valence-electron chi connectivity index (χ3n) is 3.08. The molecule has 5 nitrogen and oxygen atoms in total. The number of carbonyl (C=O) groups excluding carboxylic acids is 1. The molecule has 2 atom stereocenters. The zero-order chi connectivity index (χ0) is 14.3. The molecule has 0 aromatic rings. The Morgan fingerprint density at radius 3 is 2.74 bits per heavy atom. The molecule has 1 saturated heterocycles. The van der Waals surface area contributed by atoms with Gasteiger partial charge in [-0.15, -0.1) is 11.8 Å². The van der Waals surface area contributed by atoms with Crippen molar-refractivity contribution in [3.05, 3.63) is 0 Å². The lowest BCUT2D eigenvalue weighted by Crippen LogP contribution is -2.45. The summed E-state index contributed by atoms with van der Waals surface area (Å²) in [6, 6.07) is -0.666. The van der Waals surface area contributed by atoms with Crippen LogP contribution in [0.1, 0.15) is 39.5 Å². The van der Waals surface area contributed by atoms with Gasteiger partial charge in [0.15, 0.2) is 0 Å². The van der Waals surface area contributed by atoms with Gasteiger partial charge in [-0.25, -0.2) is 4.79 Å². The molecule has 2 unspecified atom stereocenters. The summed E-state index contributed by atoms with van der Waals surface area (Å²) >= 11 is 1.58. The summed E-state index contributed by atoms with van der Waals surface area (Å²) in [6.07, 6.45) is 2.82. The highest BCUT2D eigenvalue weighted by atomic mass is 32.2. The van der Waals surface area contributed by atoms with Gasteiger partial charge in [0, 0.05) is 25.4 Å². The standard InChI is InChI=1S/C13H23NO4S/c1-3-6-12-14(10(9-19-12)13(16)17)11(15)7-5-8-18-4-2/h10,12H,3-9H2,1-2H3,(H,16,17). The number of aliphatic carboxylic acids is 1. The molecule has 1 heterocycles. The van der Waals surface area contributed by atoms with Crippen molar-refractivity contribution in [2.24, 2.45) is 0 Å². The van der Waals surface area contributed by atoms with Crippen LogP contribution in [-0.4, -0.2) is 52.3 Å². The lowest BCUT2D eigenvalue weighted by molar-refractivity contribution is -0.149. The molecule has 1 aliphatic heterocycles. The number of thioether (sulfide) groups is 1. The second-order valence-corrected chi connectivity index (χ2v) is 5.74. The summed E-state index contributed by atoms with van der Waals surface area (Å²) in [4.78, 5) is 25.0. The van der Waals surface area contributed by atoms with Crippen molar-refractivity contribution in [1.82, 2.24) is 4.90 Å². The minimum absolute atomic E-state index is 0.0192. The highest BCUT2D eigenvalue weighted by Crippen LogP contribution is 2.32. The molecule has 1 aliphatic rings. The second kappa shape index (κ2) is 8.43. The zero-order valence-corrected chi connectivity index (χ0v) is 12.4. The van der Waals surface area contributed by atoms with Crippen molar-refractivity contribution in [2.45, 2.75) is 50.9 Å². The van der Waals surface area contributed by atoms with Crippen LogP contribution in [0.25, 0.3) is 0 Å². The van der Waals surface area contributed by atoms with Crippen LogP contribution in [0.15, 0.2) is 0 Å². The van der Waals surface area contributed by atoms with Gasteiger partial charge in [0.25, 0.3) is 0 Å². The van der Waals surface area contributed by atoms with Crippen molar-refractivity contribution in [2.75, 3.05) is 19.0 Å². The van der Waals surface area contributed by atoms with E-state index < -0.39 is 12.0 Å². The average Bonchev–Trinajstić information content (AvgIpc) is 2.79. The minimum atomic E-state index is -0.899. The van der Waals surface area contributed by atoms with Crippen LogP contribution in [0.4, 0.5) is 0 Å². The Kier molecular flexibility index (Phi) is 7.23. The van der Waals surface area contributed by atoms with E-state index >= 15 is 0 Å². The molecule has 6 heteroatoms. The van der Waals surface area contributed by atoms with Crippen molar-refractivity contribution in [3.8, 4) is 0 Å². The predicted octanol–water partition coefficient (Wildman–Crippen LogP) is 1.96. The molecule has 1 N–H and O–H groups in total. The van der Waals surface area contributed by atoms with Gasteiger partial charge in [-0.05, 0) is 19.8 Å². The maximum absolute atomic E-state index is 12.2. The first-order valence-electron chi connectivity index (χ1n) is 6.85. The van der Waals surface area contributed by atoms with E-state index in [2.05, 4.69) is 0 Å². The normalized spacial score (nSPS) is 22.7. The lowest BCUT2D eigenvalue weighted by Gasteiger charge is -2.27. The van der Waals surface area contributed by atoms with Gasteiger partial charge >= 0.3 is 5.97 Å². The molecule has 1 amide bonds. The van der Waals surface area contributed by atoms with Crippen molar-refractivity contribution in [3.63, 3.8) is 0 Å². The van der Waals surface area contributed by atoms with Crippen LogP contribution in [0.3, 0.4) is 0 Å². The molecule has 0 aromatic carbocycles. The van der Waals surface area contributed by atoms with E-state index in [4.69, 9.17) is 4.74 Å². The summed E-state index contributed by atoms with van der Waals surface area (Å²) in [5, 5.41) is 9.22. The second-order valence-electron chi connectivity index (χ2n) is 4.53. The Morgan fingerprint density at radius 1 is 1.42 bits per heavy atom. The van der Waals surface area contributed by atoms with Gasteiger partial charge in [0.05, 0.1) is 5.37 Å². The minimum Gasteiger partial charge on any atom is -0.480 e. The number of carboxylic acids is 1. The molecule has 0 aliphatic carbocycles. The maximum atomic E-state index is 12.2. The van der Waals surface area contributed by atoms with Crippen molar-refractivity contribution < 1.29 is 19.4 Å². The fraction of sp³-hybridized carbons (Fsp3) is 0.846. The molecule has 0 saturated carbocycles. The third-order valence-corrected chi connectivity index (χ3v) is 4.44. The van der Waals surface area contributed by atoms with E-state index in [-0.39, 0.29) is 11.3 Å². The Morgan fingerprint density at radius 2 is 2.16 bits per heavy atom. The Bertz CT molecular complexity index is 311. The van der Waals surface area contributed by atoms with Gasteiger partial charge in [-0.3, -0.25) is 4.79 Å². The zero-order valence-electron chi connectivity index (χ0n) is 11.6. The molecule has 19 heavy (non-hydrogen) atoms. The highest BCUT2D eigenvalue weighted by molar-refractivity contribution is 8.00. The fourth-order valence-electron chi connectivity index (χ4n) is 2.16. The van der Waals surface area contributed by atoms with Crippen LogP contribution in [0, 0.1) is 0 Å². The largest absolute Gasteiger partial charge is 0.480 e. The van der Waals surface area contributed by atoms with Gasteiger partial charge in [0.2, 0.25) is 5.91 Å². The van der Waals surface area contributed by atoms with E-state index in [1.54, 1.807) is 16.7 Å². The van der Waals surface area contributed by atoms with E-state index in [9.17, 15) is 14.7 Å². The lowest BCUT2D eigenvalue weighted by atomic mass is 10.2. The van der Waals surface area contributed by atoms with Gasteiger partial charge in [0.1, 0.15) is 6.04 Å². The molecule has 1 fully saturated rings. The van der Waals surface area contributed by atoms with E-state index in [0.29, 0.717) is 31.8 Å². The SMILES string of the molecule is CCCC1SCC(C(=O)O)N1C(=O)CCCOCC. The van der Waals surface area contributed by atoms with Crippen molar-refractivity contribution in [1.29, 1.82) is 0 Å². The Balaban J connectivity index is 2.56. The molecule has 0 radical (unpaired) electrons. The topological polar surface area (TPSA) is 66.8 Å². The number of hydrogen-bond donors (Lipinski definition) is 1. The number of carboxylic acid groups (broad SMARTS) is 1. The summed E-state index contributed by atoms with van der Waals surface area (Å²) in [5.41, 5.74) is 0. The molecule has 0 spiro atoms. The Labute approximate surface area is 118 Å². The van der Waals surface area contributed by atoms with Crippen molar-refractivity contribution >= 4 is 23.6 Å². The van der Waals surface area contributed by atoms with Gasteiger partial charge in [-0.2, -0.15) is 0 Å². The number of nitrogens with zero attached hydrogens (tertiary/aromatic N) is 1. The maximum Gasteiger partial charge on any atom is 0.327 e. The molecular weight excluding hydrogens is 266 g/mol. The smallest absolute Gasteiger partial charge is 0.327 e. The van der Waals surface area contributed by atoms with E-state index in [0.717, 1.165) is 12.8 Å². The van der Waals surface area contributed by atoms with Gasteiger partial charge in [-0.1, -0.05) is 13.3 Å². The number of rotatable bonds is 8. The summed E-state index contributed by atoms with van der Waals surface area (Å²) < 4.78 is 5.20. The number of ether oxygens (including phenoxy) is 1. The van der Waals surface area contributed by atoms with Crippen LogP contribution < -0.4 is 0 Å². The number of amides is 1. The van der Waals surface area contributed by atoms with E-state index in [1.165, 1.54) is 0 Å². The number of carbonyl (C=O) groups is 2. The monoisotopic (exact) mass is 289 g/mol. The van der Waals surface area contributed by atoms with Crippen LogP contribution in [0.2, 0.25) is 0 Å². The molecular formula is C13H23NO4S. The van der Waals surface area contributed by atoms with Crippen LogP contribution in [-0.2, 0) is 14.3 Å². The predicted molar refractivity (Wildman–Crippen MR) is 75.2 cm³/mol. The molecule has 0 bridgehead atoms. The molecule has 1 rings (SSSR count). The average molecular weight is 289 g/mol. The Hall–Kier alpha value is -0.750. The summed E-state index contributed by atoms with van der Waals surface area (Å²) in [5.74, 6) is -0.461. The first kappa shape index (κ1) is 16.3. The quantitative estimate of drug-likeness (QED) is 0.692. The third kappa shape index (κ3) is 4.69. The van der Waals surface area contributed by atoms with Crippen LogP contribution >= 0.6 is 11.8 Å². The van der Waals surface area contributed by atoms with Gasteiger partial charge < -0.3 is 14.7 Å². The molecule has 0 aromatic heterocycles. The highest BCUT2D eigenvalue weighted by Gasteiger charge is 2.40. The first-order chi connectivity index (χ1) is 9.11.